The van der Waals surface area contributed by atoms with Crippen LogP contribution in [0.5, 0.6) is 0 Å². The Morgan fingerprint density at radius 3 is 2.29 bits per heavy atom. The van der Waals surface area contributed by atoms with Gasteiger partial charge in [0.25, 0.3) is 5.91 Å². The number of rotatable bonds is 4. The van der Waals surface area contributed by atoms with Crippen molar-refractivity contribution in [2.75, 3.05) is 5.32 Å². The van der Waals surface area contributed by atoms with E-state index in [2.05, 4.69) is 20.3 Å². The summed E-state index contributed by atoms with van der Waals surface area (Å²) in [5.74, 6) is 0.360. The topological polar surface area (TPSA) is 67.8 Å². The van der Waals surface area contributed by atoms with Gasteiger partial charge in [-0.1, -0.05) is 12.1 Å². The van der Waals surface area contributed by atoms with E-state index in [4.69, 9.17) is 0 Å². The summed E-state index contributed by atoms with van der Waals surface area (Å²) in [5.41, 5.74) is 4.27. The minimum absolute atomic E-state index is 0.231. The molecule has 0 unspecified atom stereocenters. The van der Waals surface area contributed by atoms with Crippen molar-refractivity contribution in [3.63, 3.8) is 0 Å². The lowest BCUT2D eigenvalue weighted by molar-refractivity contribution is 0.102. The fraction of sp³-hybridized carbons (Fsp3) is 0.158. The monoisotopic (exact) mass is 318 g/mol. The molecular weight excluding hydrogens is 300 g/mol. The van der Waals surface area contributed by atoms with Gasteiger partial charge in [-0.3, -0.25) is 9.78 Å². The third-order valence-corrected chi connectivity index (χ3v) is 3.57. The summed E-state index contributed by atoms with van der Waals surface area (Å²) in [6, 6.07) is 13.5. The summed E-state index contributed by atoms with van der Waals surface area (Å²) in [4.78, 5) is 24.7. The Morgan fingerprint density at radius 1 is 0.958 bits per heavy atom. The molecule has 3 rings (SSSR count). The summed E-state index contributed by atoms with van der Waals surface area (Å²) in [7, 11) is 0. The molecule has 0 saturated heterocycles. The van der Waals surface area contributed by atoms with E-state index >= 15 is 0 Å². The minimum Gasteiger partial charge on any atom is -0.321 e. The van der Waals surface area contributed by atoms with E-state index in [0.717, 1.165) is 17.8 Å². The molecule has 0 spiro atoms. The van der Waals surface area contributed by atoms with Crippen LogP contribution in [0, 0.1) is 13.8 Å². The highest BCUT2D eigenvalue weighted by molar-refractivity contribution is 6.02. The van der Waals surface area contributed by atoms with Crippen molar-refractivity contribution in [3.05, 3.63) is 83.2 Å². The van der Waals surface area contributed by atoms with E-state index in [1.807, 2.05) is 43.3 Å². The number of hydrogen-bond acceptors (Lipinski definition) is 4. The first-order chi connectivity index (χ1) is 11.6. The maximum atomic E-state index is 12.3. The average molecular weight is 318 g/mol. The molecule has 1 aromatic carbocycles. The summed E-state index contributed by atoms with van der Waals surface area (Å²) in [5, 5.41) is 2.86. The number of aromatic nitrogens is 3. The van der Waals surface area contributed by atoms with Crippen LogP contribution in [0.4, 0.5) is 5.69 Å². The van der Waals surface area contributed by atoms with Gasteiger partial charge in [-0.2, -0.15) is 0 Å². The maximum Gasteiger partial charge on any atom is 0.274 e. The van der Waals surface area contributed by atoms with Gasteiger partial charge in [-0.05, 0) is 61.7 Å². The molecule has 0 aliphatic heterocycles. The van der Waals surface area contributed by atoms with E-state index in [0.29, 0.717) is 11.5 Å². The van der Waals surface area contributed by atoms with Crippen molar-refractivity contribution in [2.24, 2.45) is 0 Å². The van der Waals surface area contributed by atoms with Gasteiger partial charge in [0, 0.05) is 23.8 Å². The second kappa shape index (κ2) is 7.00. The van der Waals surface area contributed by atoms with Gasteiger partial charge in [0.15, 0.2) is 0 Å². The van der Waals surface area contributed by atoms with Crippen LogP contribution in [0.1, 0.15) is 33.1 Å². The van der Waals surface area contributed by atoms with Crippen molar-refractivity contribution in [2.45, 2.75) is 20.3 Å². The largest absolute Gasteiger partial charge is 0.321 e. The predicted octanol–water partition coefficient (Wildman–Crippen LogP) is 3.33. The van der Waals surface area contributed by atoms with Gasteiger partial charge in [-0.15, -0.1) is 0 Å². The van der Waals surface area contributed by atoms with Crippen molar-refractivity contribution in [3.8, 4) is 0 Å². The lowest BCUT2D eigenvalue weighted by atomic mass is 10.1. The van der Waals surface area contributed by atoms with Gasteiger partial charge in [0.2, 0.25) is 0 Å². The molecule has 0 saturated carbocycles. The number of benzene rings is 1. The van der Waals surface area contributed by atoms with Crippen molar-refractivity contribution >= 4 is 11.6 Å². The molecular formula is C19H18N4O. The first-order valence-corrected chi connectivity index (χ1v) is 7.71. The summed E-state index contributed by atoms with van der Waals surface area (Å²) in [6.45, 7) is 3.62. The van der Waals surface area contributed by atoms with Crippen LogP contribution in [0.2, 0.25) is 0 Å². The fourth-order valence-electron chi connectivity index (χ4n) is 2.47. The van der Waals surface area contributed by atoms with Crippen LogP contribution in [-0.4, -0.2) is 20.9 Å². The van der Waals surface area contributed by atoms with Crippen molar-refractivity contribution < 1.29 is 4.79 Å². The van der Waals surface area contributed by atoms with Crippen LogP contribution in [0.3, 0.4) is 0 Å². The van der Waals surface area contributed by atoms with Crippen LogP contribution in [-0.2, 0) is 6.42 Å². The Hall–Kier alpha value is -3.08. The molecule has 5 nitrogen and oxygen atoms in total. The Bertz CT molecular complexity index is 825. The second-order valence-electron chi connectivity index (χ2n) is 5.63. The highest BCUT2D eigenvalue weighted by Gasteiger charge is 2.09. The van der Waals surface area contributed by atoms with Crippen LogP contribution in [0.25, 0.3) is 0 Å². The maximum absolute atomic E-state index is 12.3. The third-order valence-electron chi connectivity index (χ3n) is 3.57. The molecule has 3 aromatic rings. The number of amides is 1. The van der Waals surface area contributed by atoms with Crippen LogP contribution in [0.15, 0.2) is 54.9 Å². The first kappa shape index (κ1) is 15.8. The molecule has 0 atom stereocenters. The molecule has 0 fully saturated rings. The average Bonchev–Trinajstić information content (AvgIpc) is 2.57. The van der Waals surface area contributed by atoms with Gasteiger partial charge < -0.3 is 5.32 Å². The molecule has 5 heteroatoms. The number of carbonyl (C=O) groups excluding carboxylic acids is 1. The SMILES string of the molecule is Cc1cc(C(=O)Nc2ccc(Cc3ccncc3)cc2)nc(C)n1. The molecule has 24 heavy (non-hydrogen) atoms. The van der Waals surface area contributed by atoms with Gasteiger partial charge in [0.05, 0.1) is 0 Å². The molecule has 0 bridgehead atoms. The molecule has 2 aromatic heterocycles. The highest BCUT2D eigenvalue weighted by Crippen LogP contribution is 2.14. The van der Waals surface area contributed by atoms with Crippen LogP contribution >= 0.6 is 0 Å². The van der Waals surface area contributed by atoms with Crippen LogP contribution < -0.4 is 5.32 Å². The van der Waals surface area contributed by atoms with E-state index < -0.39 is 0 Å². The van der Waals surface area contributed by atoms with E-state index in [1.165, 1.54) is 11.1 Å². The van der Waals surface area contributed by atoms with Gasteiger partial charge in [-0.25, -0.2) is 9.97 Å². The predicted molar refractivity (Wildman–Crippen MR) is 92.9 cm³/mol. The van der Waals surface area contributed by atoms with Gasteiger partial charge in [0.1, 0.15) is 11.5 Å². The van der Waals surface area contributed by atoms with E-state index in [-0.39, 0.29) is 5.91 Å². The number of carbonyl (C=O) groups is 1. The molecule has 1 amide bonds. The zero-order valence-electron chi connectivity index (χ0n) is 13.7. The normalized spacial score (nSPS) is 10.4. The molecule has 2 heterocycles. The summed E-state index contributed by atoms with van der Waals surface area (Å²) < 4.78 is 0. The molecule has 0 aliphatic rings. The standard InChI is InChI=1S/C19H18N4O/c1-13-11-18(22-14(2)21-13)19(24)23-17-5-3-15(4-6-17)12-16-7-9-20-10-8-16/h3-11H,12H2,1-2H3,(H,23,24). The third kappa shape index (κ3) is 4.01. The zero-order chi connectivity index (χ0) is 16.9. The molecule has 120 valence electrons. The number of aryl methyl sites for hydroxylation is 2. The number of pyridine rings is 1. The number of anilines is 1. The van der Waals surface area contributed by atoms with Crippen molar-refractivity contribution in [1.29, 1.82) is 0 Å². The Kier molecular flexibility index (Phi) is 4.61. The molecule has 0 radical (unpaired) electrons. The summed E-state index contributed by atoms with van der Waals surface area (Å²) >= 11 is 0. The fourth-order valence-corrected chi connectivity index (χ4v) is 2.47. The zero-order valence-corrected chi connectivity index (χ0v) is 13.7. The highest BCUT2D eigenvalue weighted by atomic mass is 16.1. The molecule has 0 aliphatic carbocycles. The minimum atomic E-state index is -0.231. The Labute approximate surface area is 140 Å². The van der Waals surface area contributed by atoms with E-state index in [9.17, 15) is 4.79 Å². The number of hydrogen-bond donors (Lipinski definition) is 1. The smallest absolute Gasteiger partial charge is 0.274 e. The quantitative estimate of drug-likeness (QED) is 0.801. The number of nitrogens with one attached hydrogen (secondary N) is 1. The lowest BCUT2D eigenvalue weighted by Crippen LogP contribution is -2.15. The Morgan fingerprint density at radius 2 is 1.62 bits per heavy atom. The number of nitrogens with zero attached hydrogens (tertiary/aromatic N) is 3. The first-order valence-electron chi connectivity index (χ1n) is 7.71. The lowest BCUT2D eigenvalue weighted by Gasteiger charge is -2.07. The van der Waals surface area contributed by atoms with Gasteiger partial charge >= 0.3 is 0 Å². The molecule has 1 N–H and O–H groups in total. The Balaban J connectivity index is 1.68. The van der Waals surface area contributed by atoms with E-state index in [1.54, 1.807) is 25.4 Å². The van der Waals surface area contributed by atoms with Crippen molar-refractivity contribution in [1.82, 2.24) is 15.0 Å². The second-order valence-corrected chi connectivity index (χ2v) is 5.63. The summed E-state index contributed by atoms with van der Waals surface area (Å²) in [6.07, 6.45) is 4.41.